The molecule has 0 unspecified atom stereocenters. The molecule has 1 amide bonds. The molecule has 96 valence electrons. The molecule has 0 saturated carbocycles. The molecule has 0 aromatic rings. The Balaban J connectivity index is 3.72. The zero-order valence-electron chi connectivity index (χ0n) is 10.2. The SMILES string of the molecule is CCS(=O)(=O)NCCNC(=O)OC(C)(C)C. The Morgan fingerprint density at radius 3 is 2.25 bits per heavy atom. The van der Waals surface area contributed by atoms with E-state index in [2.05, 4.69) is 10.0 Å². The van der Waals surface area contributed by atoms with Gasteiger partial charge in [0.15, 0.2) is 0 Å². The summed E-state index contributed by atoms with van der Waals surface area (Å²) in [5.74, 6) is 0.0272. The van der Waals surface area contributed by atoms with E-state index in [4.69, 9.17) is 4.74 Å². The van der Waals surface area contributed by atoms with E-state index >= 15 is 0 Å². The van der Waals surface area contributed by atoms with Crippen LogP contribution >= 0.6 is 0 Å². The minimum atomic E-state index is -3.19. The molecule has 0 atom stereocenters. The monoisotopic (exact) mass is 252 g/mol. The number of carbonyl (C=O) groups is 1. The summed E-state index contributed by atoms with van der Waals surface area (Å²) in [5.41, 5.74) is -0.549. The lowest BCUT2D eigenvalue weighted by Crippen LogP contribution is -2.38. The lowest BCUT2D eigenvalue weighted by atomic mass is 10.2. The van der Waals surface area contributed by atoms with Crippen LogP contribution in [0.25, 0.3) is 0 Å². The van der Waals surface area contributed by atoms with Gasteiger partial charge in [0, 0.05) is 13.1 Å². The summed E-state index contributed by atoms with van der Waals surface area (Å²) < 4.78 is 29.3. The first-order valence-corrected chi connectivity index (χ1v) is 6.75. The van der Waals surface area contributed by atoms with Crippen molar-refractivity contribution in [2.24, 2.45) is 0 Å². The summed E-state index contributed by atoms with van der Waals surface area (Å²) in [4.78, 5) is 11.1. The van der Waals surface area contributed by atoms with E-state index in [1.807, 2.05) is 0 Å². The Morgan fingerprint density at radius 1 is 1.25 bits per heavy atom. The Bertz CT molecular complexity index is 319. The van der Waals surface area contributed by atoms with E-state index in [1.165, 1.54) is 0 Å². The summed E-state index contributed by atoms with van der Waals surface area (Å²) >= 11 is 0. The van der Waals surface area contributed by atoms with Crippen molar-refractivity contribution < 1.29 is 17.9 Å². The second-order valence-corrected chi connectivity index (χ2v) is 6.32. The molecular formula is C9H20N2O4S. The van der Waals surface area contributed by atoms with Crippen LogP contribution in [0.3, 0.4) is 0 Å². The van der Waals surface area contributed by atoms with Crippen LogP contribution in [0.2, 0.25) is 0 Å². The highest BCUT2D eigenvalue weighted by Gasteiger charge is 2.15. The van der Waals surface area contributed by atoms with E-state index in [1.54, 1.807) is 27.7 Å². The van der Waals surface area contributed by atoms with Crippen LogP contribution in [0.5, 0.6) is 0 Å². The fourth-order valence-corrected chi connectivity index (χ4v) is 1.40. The molecule has 0 spiro atoms. The maximum absolute atomic E-state index is 11.1. The van der Waals surface area contributed by atoms with Crippen molar-refractivity contribution in [3.05, 3.63) is 0 Å². The molecule has 16 heavy (non-hydrogen) atoms. The van der Waals surface area contributed by atoms with Crippen LogP contribution < -0.4 is 10.0 Å². The second kappa shape index (κ2) is 6.05. The lowest BCUT2D eigenvalue weighted by Gasteiger charge is -2.19. The van der Waals surface area contributed by atoms with Gasteiger partial charge in [-0.25, -0.2) is 17.9 Å². The Morgan fingerprint density at radius 2 is 1.81 bits per heavy atom. The number of nitrogens with one attached hydrogen (secondary N) is 2. The van der Waals surface area contributed by atoms with E-state index in [0.29, 0.717) is 0 Å². The molecule has 0 heterocycles. The standard InChI is InChI=1S/C9H20N2O4S/c1-5-16(13,14)11-7-6-10-8(12)15-9(2,3)4/h11H,5-7H2,1-4H3,(H,10,12). The van der Waals surface area contributed by atoms with Crippen LogP contribution in [-0.2, 0) is 14.8 Å². The van der Waals surface area contributed by atoms with Gasteiger partial charge in [0.05, 0.1) is 5.75 Å². The third-order valence-electron chi connectivity index (χ3n) is 1.50. The number of rotatable bonds is 5. The van der Waals surface area contributed by atoms with Crippen LogP contribution in [0.1, 0.15) is 27.7 Å². The maximum Gasteiger partial charge on any atom is 0.407 e. The molecule has 0 bridgehead atoms. The number of carbonyl (C=O) groups excluding carboxylic acids is 1. The van der Waals surface area contributed by atoms with Gasteiger partial charge in [-0.1, -0.05) is 0 Å². The molecule has 0 aromatic carbocycles. The fraction of sp³-hybridized carbons (Fsp3) is 0.889. The molecule has 0 aromatic heterocycles. The molecule has 0 aliphatic carbocycles. The van der Waals surface area contributed by atoms with Crippen LogP contribution in [0.4, 0.5) is 4.79 Å². The molecule has 0 aliphatic heterocycles. The molecule has 0 fully saturated rings. The van der Waals surface area contributed by atoms with Crippen LogP contribution in [0.15, 0.2) is 0 Å². The van der Waals surface area contributed by atoms with E-state index in [-0.39, 0.29) is 18.8 Å². The summed E-state index contributed by atoms with van der Waals surface area (Å²) in [6.45, 7) is 7.18. The highest BCUT2D eigenvalue weighted by Crippen LogP contribution is 2.05. The number of sulfonamides is 1. The highest BCUT2D eigenvalue weighted by molar-refractivity contribution is 7.89. The van der Waals surface area contributed by atoms with Gasteiger partial charge < -0.3 is 10.1 Å². The minimum Gasteiger partial charge on any atom is -0.444 e. The van der Waals surface area contributed by atoms with Gasteiger partial charge in [0.1, 0.15) is 5.60 Å². The van der Waals surface area contributed by atoms with Crippen molar-refractivity contribution >= 4 is 16.1 Å². The van der Waals surface area contributed by atoms with Gasteiger partial charge >= 0.3 is 6.09 Å². The zero-order valence-corrected chi connectivity index (χ0v) is 11.0. The number of hydrogen-bond acceptors (Lipinski definition) is 4. The minimum absolute atomic E-state index is 0.0272. The van der Waals surface area contributed by atoms with Gasteiger partial charge in [0.2, 0.25) is 10.0 Å². The van der Waals surface area contributed by atoms with Gasteiger partial charge in [0.25, 0.3) is 0 Å². The van der Waals surface area contributed by atoms with E-state index < -0.39 is 21.7 Å². The van der Waals surface area contributed by atoms with Crippen molar-refractivity contribution in [2.45, 2.75) is 33.3 Å². The van der Waals surface area contributed by atoms with Crippen LogP contribution in [0, 0.1) is 0 Å². The van der Waals surface area contributed by atoms with Gasteiger partial charge in [-0.3, -0.25) is 0 Å². The molecule has 0 aliphatic rings. The molecule has 0 radical (unpaired) electrons. The normalized spacial score (nSPS) is 12.2. The summed E-state index contributed by atoms with van der Waals surface area (Å²) in [5, 5.41) is 2.45. The Hall–Kier alpha value is -0.820. The Labute approximate surface area is 96.8 Å². The van der Waals surface area contributed by atoms with Gasteiger partial charge in [-0.05, 0) is 27.7 Å². The molecule has 0 saturated heterocycles. The van der Waals surface area contributed by atoms with Crippen molar-refractivity contribution in [1.29, 1.82) is 0 Å². The molecular weight excluding hydrogens is 232 g/mol. The first-order valence-electron chi connectivity index (χ1n) is 5.10. The first kappa shape index (κ1) is 15.2. The topological polar surface area (TPSA) is 84.5 Å². The molecule has 2 N–H and O–H groups in total. The van der Waals surface area contributed by atoms with Crippen molar-refractivity contribution in [1.82, 2.24) is 10.0 Å². The van der Waals surface area contributed by atoms with E-state index in [0.717, 1.165) is 0 Å². The van der Waals surface area contributed by atoms with Crippen molar-refractivity contribution in [2.75, 3.05) is 18.8 Å². The predicted molar refractivity (Wildman–Crippen MR) is 61.7 cm³/mol. The van der Waals surface area contributed by atoms with E-state index in [9.17, 15) is 13.2 Å². The largest absolute Gasteiger partial charge is 0.444 e. The summed E-state index contributed by atoms with van der Waals surface area (Å²) in [6.07, 6.45) is -0.553. The van der Waals surface area contributed by atoms with Gasteiger partial charge in [-0.2, -0.15) is 0 Å². The first-order chi connectivity index (χ1) is 7.16. The predicted octanol–water partition coefficient (Wildman–Crippen LogP) is 0.450. The zero-order chi connectivity index (χ0) is 12.8. The maximum atomic E-state index is 11.1. The van der Waals surface area contributed by atoms with Gasteiger partial charge in [-0.15, -0.1) is 0 Å². The number of ether oxygens (including phenoxy) is 1. The molecule has 6 nitrogen and oxygen atoms in total. The second-order valence-electron chi connectivity index (χ2n) is 4.23. The smallest absolute Gasteiger partial charge is 0.407 e. The Kier molecular flexibility index (Phi) is 5.74. The number of amides is 1. The van der Waals surface area contributed by atoms with Crippen molar-refractivity contribution in [3.63, 3.8) is 0 Å². The molecule has 7 heteroatoms. The quantitative estimate of drug-likeness (QED) is 0.696. The molecule has 0 rings (SSSR count). The number of alkyl carbamates (subject to hydrolysis) is 1. The fourth-order valence-electron chi connectivity index (χ4n) is 0.787. The summed E-state index contributed by atoms with van der Waals surface area (Å²) in [6, 6.07) is 0. The van der Waals surface area contributed by atoms with Crippen molar-refractivity contribution in [3.8, 4) is 0 Å². The average molecular weight is 252 g/mol. The van der Waals surface area contributed by atoms with Crippen LogP contribution in [-0.4, -0.2) is 39.0 Å². The third-order valence-corrected chi connectivity index (χ3v) is 2.90. The summed E-state index contributed by atoms with van der Waals surface area (Å²) in [7, 11) is -3.19. The number of hydrogen-bond donors (Lipinski definition) is 2. The third kappa shape index (κ3) is 8.49. The average Bonchev–Trinajstić information content (AvgIpc) is 2.10. The highest BCUT2D eigenvalue weighted by atomic mass is 32.2. The lowest BCUT2D eigenvalue weighted by molar-refractivity contribution is 0.0529.